The van der Waals surface area contributed by atoms with Crippen molar-refractivity contribution in [2.24, 2.45) is 11.7 Å². The van der Waals surface area contributed by atoms with Crippen molar-refractivity contribution in [3.8, 4) is 0 Å². The molecule has 1 saturated carbocycles. The van der Waals surface area contributed by atoms with Gasteiger partial charge in [0, 0.05) is 0 Å². The number of hydrogen-bond acceptors (Lipinski definition) is 2. The Balaban J connectivity index is 1.70. The third-order valence-electron chi connectivity index (χ3n) is 5.72. The number of carbonyl (C=O) groups is 1. The van der Waals surface area contributed by atoms with E-state index in [9.17, 15) is 4.79 Å². The monoisotopic (exact) mass is 430 g/mol. The number of likely N-dealkylation sites (N-methyl/N-ethyl adjacent to an activating group) is 1. The predicted molar refractivity (Wildman–Crippen MR) is 113 cm³/mol. The maximum atomic E-state index is 13.4. The van der Waals surface area contributed by atoms with Crippen molar-refractivity contribution in [3.63, 3.8) is 0 Å². The van der Waals surface area contributed by atoms with E-state index in [2.05, 4.69) is 56.3 Å². The quantitative estimate of drug-likeness (QED) is 0.623. The van der Waals surface area contributed by atoms with Crippen LogP contribution in [0.25, 0.3) is 0 Å². The van der Waals surface area contributed by atoms with Crippen LogP contribution in [-0.2, 0) is 10.2 Å². The summed E-state index contributed by atoms with van der Waals surface area (Å²) >= 11 is 0.450. The van der Waals surface area contributed by atoms with Gasteiger partial charge in [0.15, 0.2) is 0 Å². The maximum absolute atomic E-state index is 13.4. The summed E-state index contributed by atoms with van der Waals surface area (Å²) in [5.74, 6) is 0.507. The number of carbonyl (C=O) groups excluding carboxylic acids is 1. The van der Waals surface area contributed by atoms with Gasteiger partial charge in [-0.25, -0.2) is 0 Å². The molecule has 1 aliphatic rings. The van der Waals surface area contributed by atoms with Crippen molar-refractivity contribution < 1.29 is 4.79 Å². The molecule has 0 bridgehead atoms. The fourth-order valence-electron chi connectivity index (χ4n) is 4.07. The van der Waals surface area contributed by atoms with E-state index in [1.165, 1.54) is 4.46 Å². The molecule has 0 radical (unpaired) electrons. The first-order valence-electron chi connectivity index (χ1n) is 9.91. The van der Waals surface area contributed by atoms with Gasteiger partial charge in [0.05, 0.1) is 0 Å². The van der Waals surface area contributed by atoms with E-state index in [0.717, 1.165) is 36.8 Å². The molecule has 2 aromatic rings. The fraction of sp³-hybridized carbons (Fsp3) is 0.435. The van der Waals surface area contributed by atoms with Gasteiger partial charge in [0.25, 0.3) is 0 Å². The molecule has 3 rings (SSSR count). The van der Waals surface area contributed by atoms with E-state index in [1.807, 2.05) is 23.1 Å². The normalized spacial score (nSPS) is 22.3. The van der Waals surface area contributed by atoms with Crippen LogP contribution >= 0.6 is 0 Å². The Hall–Kier alpha value is -1.61. The Morgan fingerprint density at radius 1 is 1.11 bits per heavy atom. The summed E-state index contributed by atoms with van der Waals surface area (Å²) in [5, 5.41) is 1.12. The van der Waals surface area contributed by atoms with E-state index < -0.39 is 5.41 Å². The zero-order chi connectivity index (χ0) is 19.3. The van der Waals surface area contributed by atoms with E-state index in [-0.39, 0.29) is 17.9 Å². The van der Waals surface area contributed by atoms with Crippen LogP contribution < -0.4 is 10.2 Å². The number of nitrogens with two attached hydrogens (primary N) is 1. The molecule has 2 N–H and O–H groups in total. The molecule has 1 aliphatic carbocycles. The summed E-state index contributed by atoms with van der Waals surface area (Å²) in [7, 11) is 0. The number of rotatable bonds is 9. The second-order valence-electron chi connectivity index (χ2n) is 7.24. The molecule has 0 saturated heterocycles. The van der Waals surface area contributed by atoms with Gasteiger partial charge < -0.3 is 0 Å². The van der Waals surface area contributed by atoms with Gasteiger partial charge in [-0.15, -0.1) is 0 Å². The standard InChI is InChI=1S/C23H30N2OSe/c1-3-25(4-2)22(26)23(18-11-7-5-8-12-18)17-20(23)21(24)15-16-27-19-13-9-6-10-14-19/h5-14,20-21H,3-4,15-17,24H2,1-2H3/t20-,21-,23+/m0/s1. The zero-order valence-corrected chi connectivity index (χ0v) is 18.0. The third-order valence-corrected chi connectivity index (χ3v) is 7.91. The topological polar surface area (TPSA) is 46.3 Å². The summed E-state index contributed by atoms with van der Waals surface area (Å²) in [6, 6.07) is 21.0. The van der Waals surface area contributed by atoms with Crippen LogP contribution in [0.15, 0.2) is 60.7 Å². The molecular weight excluding hydrogens is 399 g/mol. The molecule has 27 heavy (non-hydrogen) atoms. The van der Waals surface area contributed by atoms with E-state index >= 15 is 0 Å². The van der Waals surface area contributed by atoms with Crippen molar-refractivity contribution in [3.05, 3.63) is 66.2 Å². The summed E-state index contributed by atoms with van der Waals surface area (Å²) in [5.41, 5.74) is 7.34. The van der Waals surface area contributed by atoms with Gasteiger partial charge in [-0.05, 0) is 0 Å². The summed E-state index contributed by atoms with van der Waals surface area (Å²) < 4.78 is 1.42. The Bertz CT molecular complexity index is 733. The van der Waals surface area contributed by atoms with Crippen LogP contribution in [-0.4, -0.2) is 44.9 Å². The first kappa shape index (κ1) is 20.1. The van der Waals surface area contributed by atoms with Gasteiger partial charge in [0.1, 0.15) is 0 Å². The molecule has 0 aliphatic heterocycles. The van der Waals surface area contributed by atoms with Gasteiger partial charge in [0.2, 0.25) is 0 Å². The molecule has 1 fully saturated rings. The number of nitrogens with zero attached hydrogens (tertiary/aromatic N) is 1. The van der Waals surface area contributed by atoms with Crippen molar-refractivity contribution in [2.75, 3.05) is 13.1 Å². The van der Waals surface area contributed by atoms with Gasteiger partial charge in [-0.1, -0.05) is 0 Å². The average molecular weight is 429 g/mol. The molecular formula is C23H30N2OSe. The molecule has 3 nitrogen and oxygen atoms in total. The second-order valence-corrected chi connectivity index (χ2v) is 9.69. The predicted octanol–water partition coefficient (Wildman–Crippen LogP) is 2.98. The molecule has 0 aromatic heterocycles. The average Bonchev–Trinajstić information content (AvgIpc) is 3.47. The minimum atomic E-state index is -0.410. The molecule has 3 atom stereocenters. The first-order valence-corrected chi connectivity index (χ1v) is 12.0. The zero-order valence-electron chi connectivity index (χ0n) is 16.3. The second kappa shape index (κ2) is 9.05. The van der Waals surface area contributed by atoms with Gasteiger partial charge in [-0.2, -0.15) is 0 Å². The van der Waals surface area contributed by atoms with Crippen LogP contribution in [0.2, 0.25) is 5.32 Å². The van der Waals surface area contributed by atoms with Crippen molar-refractivity contribution in [1.29, 1.82) is 0 Å². The first-order chi connectivity index (χ1) is 13.1. The van der Waals surface area contributed by atoms with Crippen LogP contribution in [0.1, 0.15) is 32.3 Å². The molecule has 0 heterocycles. The molecule has 1 amide bonds. The Morgan fingerprint density at radius 2 is 1.70 bits per heavy atom. The third kappa shape index (κ3) is 4.29. The van der Waals surface area contributed by atoms with Crippen molar-refractivity contribution in [2.45, 2.75) is 43.5 Å². The Morgan fingerprint density at radius 3 is 2.30 bits per heavy atom. The number of benzene rings is 2. The van der Waals surface area contributed by atoms with Crippen LogP contribution in [0, 0.1) is 5.92 Å². The fourth-order valence-corrected chi connectivity index (χ4v) is 6.11. The SMILES string of the molecule is CCN(CC)C(=O)[C@@]1(c2ccccc2)C[C@H]1[C@@H](N)CC[Se]c1ccccc1. The summed E-state index contributed by atoms with van der Waals surface area (Å²) in [4.78, 5) is 15.3. The Kier molecular flexibility index (Phi) is 6.75. The number of hydrogen-bond donors (Lipinski definition) is 1. The minimum absolute atomic E-state index is 0.0790. The molecule has 2 aromatic carbocycles. The van der Waals surface area contributed by atoms with Crippen LogP contribution in [0.5, 0.6) is 0 Å². The van der Waals surface area contributed by atoms with E-state index in [0.29, 0.717) is 15.0 Å². The van der Waals surface area contributed by atoms with Crippen molar-refractivity contribution in [1.82, 2.24) is 4.90 Å². The summed E-state index contributed by atoms with van der Waals surface area (Å²) in [6.45, 7) is 5.62. The van der Waals surface area contributed by atoms with Gasteiger partial charge >= 0.3 is 169 Å². The molecule has 144 valence electrons. The Labute approximate surface area is 169 Å². The molecule has 0 unspecified atom stereocenters. The van der Waals surface area contributed by atoms with Crippen LogP contribution in [0.3, 0.4) is 0 Å². The molecule has 0 spiro atoms. The van der Waals surface area contributed by atoms with Crippen LogP contribution in [0.4, 0.5) is 0 Å². The van der Waals surface area contributed by atoms with Crippen molar-refractivity contribution >= 4 is 25.3 Å². The van der Waals surface area contributed by atoms with E-state index in [4.69, 9.17) is 5.73 Å². The number of amides is 1. The van der Waals surface area contributed by atoms with Gasteiger partial charge in [-0.3, -0.25) is 0 Å². The summed E-state index contributed by atoms with van der Waals surface area (Å²) in [6.07, 6.45) is 1.87. The van der Waals surface area contributed by atoms with E-state index in [1.54, 1.807) is 0 Å². The molecule has 4 heteroatoms.